The van der Waals surface area contributed by atoms with Gasteiger partial charge in [-0.1, -0.05) is 6.07 Å². The average Bonchev–Trinajstić information content (AvgIpc) is 3.44. The molecule has 4 N–H and O–H groups in total. The van der Waals surface area contributed by atoms with Gasteiger partial charge in [-0.25, -0.2) is 4.98 Å². The molecule has 7 heteroatoms. The minimum absolute atomic E-state index is 0.0721. The molecular formula is C25H24N6O. The summed E-state index contributed by atoms with van der Waals surface area (Å²) in [6.45, 7) is 2.96. The topological polar surface area (TPSA) is 98.5 Å². The van der Waals surface area contributed by atoms with E-state index in [9.17, 15) is 4.79 Å². The molecule has 0 unspecified atom stereocenters. The van der Waals surface area contributed by atoms with E-state index in [2.05, 4.69) is 54.8 Å². The zero-order valence-corrected chi connectivity index (χ0v) is 17.8. The van der Waals surface area contributed by atoms with Gasteiger partial charge in [0.25, 0.3) is 0 Å². The van der Waals surface area contributed by atoms with Crippen LogP contribution in [0.2, 0.25) is 0 Å². The molecular weight excluding hydrogens is 400 g/mol. The molecule has 0 aliphatic rings. The number of aromatic amines is 2. The van der Waals surface area contributed by atoms with Gasteiger partial charge >= 0.3 is 0 Å². The number of carbonyl (C=O) groups is 1. The van der Waals surface area contributed by atoms with Crippen molar-refractivity contribution >= 4 is 39.4 Å². The molecule has 160 valence electrons. The maximum atomic E-state index is 11.7. The quantitative estimate of drug-likeness (QED) is 0.265. The van der Waals surface area contributed by atoms with Crippen LogP contribution in [0.15, 0.2) is 67.1 Å². The molecule has 0 radical (unpaired) electrons. The first kappa shape index (κ1) is 19.8. The summed E-state index contributed by atoms with van der Waals surface area (Å²) in [5.74, 6) is 1.43. The zero-order valence-electron chi connectivity index (χ0n) is 17.8. The fraction of sp³-hybridized carbons (Fsp3) is 0.160. The first-order chi connectivity index (χ1) is 15.7. The van der Waals surface area contributed by atoms with E-state index in [1.807, 2.05) is 36.7 Å². The lowest BCUT2D eigenvalue weighted by Gasteiger charge is -2.09. The Morgan fingerprint density at radius 1 is 1.00 bits per heavy atom. The highest BCUT2D eigenvalue weighted by Crippen LogP contribution is 2.21. The number of Topliss-reactive ketones (excluding diaryl/α,β-unsaturated/α-hetero) is 1. The number of hydrogen-bond acceptors (Lipinski definition) is 5. The van der Waals surface area contributed by atoms with E-state index in [1.165, 1.54) is 10.9 Å². The number of H-pyrrole nitrogens is 2. The third-order valence-corrected chi connectivity index (χ3v) is 5.60. The monoisotopic (exact) mass is 424 g/mol. The normalized spacial score (nSPS) is 11.2. The summed E-state index contributed by atoms with van der Waals surface area (Å²) in [4.78, 5) is 27.1. The summed E-state index contributed by atoms with van der Waals surface area (Å²) in [5, 5.41) is 8.94. The van der Waals surface area contributed by atoms with Crippen LogP contribution >= 0.6 is 0 Å². The lowest BCUT2D eigenvalue weighted by atomic mass is 10.1. The molecule has 2 aromatic carbocycles. The predicted molar refractivity (Wildman–Crippen MR) is 128 cm³/mol. The zero-order chi connectivity index (χ0) is 21.9. The Balaban J connectivity index is 1.20. The van der Waals surface area contributed by atoms with Crippen molar-refractivity contribution in [2.24, 2.45) is 0 Å². The molecule has 3 heterocycles. The second-order valence-corrected chi connectivity index (χ2v) is 7.83. The first-order valence-electron chi connectivity index (χ1n) is 10.6. The van der Waals surface area contributed by atoms with Gasteiger partial charge in [0.2, 0.25) is 5.95 Å². The van der Waals surface area contributed by atoms with Crippen molar-refractivity contribution in [1.29, 1.82) is 0 Å². The van der Waals surface area contributed by atoms with Gasteiger partial charge in [0.15, 0.2) is 5.78 Å². The van der Waals surface area contributed by atoms with Crippen molar-refractivity contribution in [2.45, 2.75) is 19.9 Å². The second-order valence-electron chi connectivity index (χ2n) is 7.83. The van der Waals surface area contributed by atoms with Gasteiger partial charge in [0, 0.05) is 53.7 Å². The Labute approximate surface area is 185 Å². The van der Waals surface area contributed by atoms with Crippen LogP contribution < -0.4 is 10.6 Å². The number of benzene rings is 2. The molecule has 5 aromatic rings. The van der Waals surface area contributed by atoms with E-state index in [4.69, 9.17) is 0 Å². The van der Waals surface area contributed by atoms with Crippen molar-refractivity contribution in [2.75, 3.05) is 17.2 Å². The smallest absolute Gasteiger partial charge is 0.224 e. The highest BCUT2D eigenvalue weighted by Gasteiger charge is 2.07. The highest BCUT2D eigenvalue weighted by atomic mass is 16.1. The third kappa shape index (κ3) is 4.18. The van der Waals surface area contributed by atoms with E-state index in [-0.39, 0.29) is 5.78 Å². The molecule has 32 heavy (non-hydrogen) atoms. The van der Waals surface area contributed by atoms with Gasteiger partial charge in [-0.3, -0.25) is 4.79 Å². The number of rotatable bonds is 8. The number of carbonyl (C=O) groups excluding carboxylic acids is 1. The van der Waals surface area contributed by atoms with E-state index in [0.29, 0.717) is 19.0 Å². The van der Waals surface area contributed by atoms with Crippen LogP contribution in [-0.2, 0) is 13.0 Å². The number of fused-ring (bicyclic) bond motifs is 2. The van der Waals surface area contributed by atoms with Crippen LogP contribution in [0.5, 0.6) is 0 Å². The maximum absolute atomic E-state index is 11.7. The molecule has 0 saturated carbocycles. The summed E-state index contributed by atoms with van der Waals surface area (Å²) in [6.07, 6.45) is 6.48. The van der Waals surface area contributed by atoms with E-state index >= 15 is 0 Å². The minimum atomic E-state index is 0.0721. The van der Waals surface area contributed by atoms with Crippen LogP contribution in [0.3, 0.4) is 0 Å². The van der Waals surface area contributed by atoms with Crippen LogP contribution in [0.25, 0.3) is 21.8 Å². The maximum Gasteiger partial charge on any atom is 0.224 e. The summed E-state index contributed by atoms with van der Waals surface area (Å²) in [5.41, 5.74) is 5.24. The second kappa shape index (κ2) is 8.55. The van der Waals surface area contributed by atoms with E-state index in [0.717, 1.165) is 39.8 Å². The van der Waals surface area contributed by atoms with Crippen molar-refractivity contribution in [3.63, 3.8) is 0 Å². The number of ketones is 1. The number of anilines is 2. The Morgan fingerprint density at radius 2 is 1.91 bits per heavy atom. The largest absolute Gasteiger partial charge is 0.366 e. The molecule has 0 spiro atoms. The van der Waals surface area contributed by atoms with Gasteiger partial charge in [0.1, 0.15) is 5.82 Å². The predicted octanol–water partition coefficient (Wildman–Crippen LogP) is 4.91. The van der Waals surface area contributed by atoms with E-state index < -0.39 is 0 Å². The Hall–Kier alpha value is -4.13. The minimum Gasteiger partial charge on any atom is -0.366 e. The summed E-state index contributed by atoms with van der Waals surface area (Å²) in [7, 11) is 0. The average molecular weight is 425 g/mol. The number of aromatic nitrogens is 4. The SMILES string of the molecule is CC(=O)c1ccc2[nH]cc(CCNc3nccc(NCc4ccc5[nH]ccc5c4)n3)c2c1. The summed E-state index contributed by atoms with van der Waals surface area (Å²) >= 11 is 0. The van der Waals surface area contributed by atoms with Gasteiger partial charge < -0.3 is 20.6 Å². The molecule has 0 fully saturated rings. The lowest BCUT2D eigenvalue weighted by Crippen LogP contribution is -2.09. The molecule has 3 aromatic heterocycles. The van der Waals surface area contributed by atoms with Crippen molar-refractivity contribution < 1.29 is 4.79 Å². The van der Waals surface area contributed by atoms with E-state index in [1.54, 1.807) is 13.1 Å². The lowest BCUT2D eigenvalue weighted by molar-refractivity contribution is 0.101. The molecule has 0 aliphatic heterocycles. The van der Waals surface area contributed by atoms with Gasteiger partial charge in [0.05, 0.1) is 0 Å². The summed E-state index contributed by atoms with van der Waals surface area (Å²) < 4.78 is 0. The summed E-state index contributed by atoms with van der Waals surface area (Å²) in [6, 6.07) is 16.0. The van der Waals surface area contributed by atoms with Gasteiger partial charge in [-0.2, -0.15) is 4.98 Å². The highest BCUT2D eigenvalue weighted by molar-refractivity contribution is 5.98. The molecule has 7 nitrogen and oxygen atoms in total. The standard InChI is InChI=1S/C25H24N6O/c1-16(32)18-3-5-23-21(13-18)20(15-29-23)7-10-27-25-28-11-8-24(31-25)30-14-17-2-4-22-19(12-17)6-9-26-22/h2-6,8-9,11-13,15,26,29H,7,10,14H2,1H3,(H2,27,28,30,31). The molecule has 5 rings (SSSR count). The van der Waals surface area contributed by atoms with Crippen LogP contribution in [0.4, 0.5) is 11.8 Å². The van der Waals surface area contributed by atoms with Crippen LogP contribution in [0.1, 0.15) is 28.4 Å². The number of nitrogens with zero attached hydrogens (tertiary/aromatic N) is 2. The Morgan fingerprint density at radius 3 is 2.81 bits per heavy atom. The molecule has 0 saturated heterocycles. The van der Waals surface area contributed by atoms with Crippen molar-refractivity contribution in [3.8, 4) is 0 Å². The molecule has 0 bridgehead atoms. The van der Waals surface area contributed by atoms with Gasteiger partial charge in [-0.15, -0.1) is 0 Å². The number of nitrogens with one attached hydrogen (secondary N) is 4. The molecule has 0 atom stereocenters. The van der Waals surface area contributed by atoms with Crippen molar-refractivity contribution in [1.82, 2.24) is 19.9 Å². The fourth-order valence-electron chi connectivity index (χ4n) is 3.86. The third-order valence-electron chi connectivity index (χ3n) is 5.60. The van der Waals surface area contributed by atoms with Crippen molar-refractivity contribution in [3.05, 3.63) is 83.8 Å². The molecule has 0 amide bonds. The first-order valence-corrected chi connectivity index (χ1v) is 10.6. The van der Waals surface area contributed by atoms with Gasteiger partial charge in [-0.05, 0) is 72.3 Å². The van der Waals surface area contributed by atoms with Crippen LogP contribution in [-0.4, -0.2) is 32.3 Å². The fourth-order valence-corrected chi connectivity index (χ4v) is 3.86. The molecule has 0 aliphatic carbocycles. The Kier molecular flexibility index (Phi) is 5.29. The Bertz CT molecular complexity index is 1400. The van der Waals surface area contributed by atoms with Crippen LogP contribution in [0, 0.1) is 0 Å². The number of hydrogen-bond donors (Lipinski definition) is 4.